The monoisotopic (exact) mass is 345 g/mol. The Morgan fingerprint density at radius 2 is 2.08 bits per heavy atom. The highest BCUT2D eigenvalue weighted by atomic mass is 19.3. The van der Waals surface area contributed by atoms with E-state index in [1.807, 2.05) is 30.3 Å². The van der Waals surface area contributed by atoms with Crippen molar-refractivity contribution < 1.29 is 13.5 Å². The van der Waals surface area contributed by atoms with Crippen molar-refractivity contribution in [3.8, 4) is 0 Å². The molecule has 1 aliphatic heterocycles. The van der Waals surface area contributed by atoms with E-state index in [9.17, 15) is 8.78 Å². The van der Waals surface area contributed by atoms with Crippen LogP contribution in [0.3, 0.4) is 0 Å². The van der Waals surface area contributed by atoms with Crippen LogP contribution < -0.4 is 4.90 Å². The molecule has 4 rings (SSSR count). The molecule has 1 aliphatic rings. The second-order valence-corrected chi connectivity index (χ2v) is 5.98. The van der Waals surface area contributed by atoms with Crippen molar-refractivity contribution in [1.82, 2.24) is 19.7 Å². The minimum atomic E-state index is -2.71. The lowest BCUT2D eigenvalue weighted by molar-refractivity contribution is 0.0395. The van der Waals surface area contributed by atoms with Crippen LogP contribution in [0, 0.1) is 0 Å². The van der Waals surface area contributed by atoms with Crippen molar-refractivity contribution in [2.45, 2.75) is 12.5 Å². The smallest absolute Gasteiger partial charge is 0.297 e. The van der Waals surface area contributed by atoms with Crippen molar-refractivity contribution in [3.63, 3.8) is 0 Å². The Morgan fingerprint density at radius 3 is 2.84 bits per heavy atom. The van der Waals surface area contributed by atoms with Crippen LogP contribution >= 0.6 is 0 Å². The van der Waals surface area contributed by atoms with E-state index >= 15 is 0 Å². The Balaban J connectivity index is 1.72. The third-order valence-electron chi connectivity index (χ3n) is 4.26. The predicted octanol–water partition coefficient (Wildman–Crippen LogP) is 2.88. The number of benzene rings is 1. The van der Waals surface area contributed by atoms with Gasteiger partial charge in [-0.3, -0.25) is 4.68 Å². The summed E-state index contributed by atoms with van der Waals surface area (Å²) in [6.45, 7) is 1.59. The maximum Gasteiger partial charge on any atom is 0.297 e. The van der Waals surface area contributed by atoms with Gasteiger partial charge in [0.15, 0.2) is 5.82 Å². The van der Waals surface area contributed by atoms with Gasteiger partial charge in [0.25, 0.3) is 6.43 Å². The zero-order valence-corrected chi connectivity index (χ0v) is 13.6. The van der Waals surface area contributed by atoms with Crippen LogP contribution in [-0.2, 0) is 11.8 Å². The van der Waals surface area contributed by atoms with Gasteiger partial charge in [-0.05, 0) is 12.1 Å². The number of morpholine rings is 1. The van der Waals surface area contributed by atoms with Gasteiger partial charge in [0.05, 0.1) is 18.3 Å². The molecule has 0 radical (unpaired) electrons. The first-order valence-corrected chi connectivity index (χ1v) is 8.02. The maximum atomic E-state index is 13.2. The highest BCUT2D eigenvalue weighted by Crippen LogP contribution is 2.31. The van der Waals surface area contributed by atoms with Crippen LogP contribution in [0.5, 0.6) is 0 Å². The van der Waals surface area contributed by atoms with E-state index in [0.717, 1.165) is 10.9 Å². The normalized spacial score (nSPS) is 18.2. The van der Waals surface area contributed by atoms with Crippen molar-refractivity contribution in [2.24, 2.45) is 7.05 Å². The topological polar surface area (TPSA) is 56.1 Å². The van der Waals surface area contributed by atoms with Crippen molar-refractivity contribution >= 4 is 16.7 Å². The van der Waals surface area contributed by atoms with Crippen LogP contribution in [0.1, 0.15) is 23.9 Å². The largest absolute Gasteiger partial charge is 0.370 e. The molecule has 25 heavy (non-hydrogen) atoms. The summed E-state index contributed by atoms with van der Waals surface area (Å²) >= 11 is 0. The second kappa shape index (κ2) is 6.36. The van der Waals surface area contributed by atoms with E-state index in [1.165, 1.54) is 0 Å². The molecule has 0 amide bonds. The Morgan fingerprint density at radius 1 is 1.24 bits per heavy atom. The number of aromatic nitrogens is 4. The van der Waals surface area contributed by atoms with Gasteiger partial charge in [-0.15, -0.1) is 0 Å². The number of hydrogen-bond acceptors (Lipinski definition) is 5. The molecule has 8 heteroatoms. The van der Waals surface area contributed by atoms with Gasteiger partial charge in [-0.1, -0.05) is 12.1 Å². The van der Waals surface area contributed by atoms with Gasteiger partial charge in [0.2, 0.25) is 0 Å². The maximum absolute atomic E-state index is 13.2. The van der Waals surface area contributed by atoms with Gasteiger partial charge >= 0.3 is 0 Å². The summed E-state index contributed by atoms with van der Waals surface area (Å²) in [7, 11) is 1.84. The molecule has 2 aromatic heterocycles. The number of para-hydroxylation sites is 1. The first-order valence-electron chi connectivity index (χ1n) is 8.02. The molecule has 6 nitrogen and oxygen atoms in total. The third-order valence-corrected chi connectivity index (χ3v) is 4.26. The van der Waals surface area contributed by atoms with Crippen LogP contribution in [0.25, 0.3) is 10.9 Å². The summed E-state index contributed by atoms with van der Waals surface area (Å²) in [6, 6.07) is 7.22. The molecule has 0 aliphatic carbocycles. The molecule has 1 fully saturated rings. The summed E-state index contributed by atoms with van der Waals surface area (Å²) in [5.74, 6) is 0.0798. The summed E-state index contributed by atoms with van der Waals surface area (Å²) in [6.07, 6.45) is 0.776. The number of ether oxygens (including phenoxy) is 1. The van der Waals surface area contributed by atoms with E-state index in [0.29, 0.717) is 31.0 Å². The molecule has 0 N–H and O–H groups in total. The average Bonchev–Trinajstić information content (AvgIpc) is 3.07. The van der Waals surface area contributed by atoms with Crippen LogP contribution in [0.15, 0.2) is 36.7 Å². The van der Waals surface area contributed by atoms with E-state index in [4.69, 9.17) is 4.74 Å². The lowest BCUT2D eigenvalue weighted by Crippen LogP contribution is -2.39. The lowest BCUT2D eigenvalue weighted by atomic mass is 10.1. The quantitative estimate of drug-likeness (QED) is 0.731. The zero-order valence-electron chi connectivity index (χ0n) is 13.6. The molecule has 1 atom stereocenters. The fraction of sp³-hybridized carbons (Fsp3) is 0.353. The van der Waals surface area contributed by atoms with E-state index < -0.39 is 12.2 Å². The van der Waals surface area contributed by atoms with Gasteiger partial charge < -0.3 is 9.64 Å². The molecular weight excluding hydrogens is 328 g/mol. The van der Waals surface area contributed by atoms with E-state index in [2.05, 4.69) is 15.1 Å². The Labute approximate surface area is 143 Å². The molecule has 0 unspecified atom stereocenters. The summed E-state index contributed by atoms with van der Waals surface area (Å²) in [5.41, 5.74) is 1.48. The molecule has 0 saturated carbocycles. The third kappa shape index (κ3) is 3.05. The zero-order chi connectivity index (χ0) is 17.4. The van der Waals surface area contributed by atoms with Gasteiger partial charge in [-0.2, -0.15) is 5.10 Å². The van der Waals surface area contributed by atoms with E-state index in [1.54, 1.807) is 23.0 Å². The molecule has 1 saturated heterocycles. The standard InChI is InChI=1S/C17H17F2N5O/c1-23-9-11(8-20-23)14-10-24(6-7-25-14)17-12-4-2-3-5-13(12)21-16(22-17)15(18)19/h2-5,8-9,14-15H,6-7,10H2,1H3/t14-/m1/s1. The highest BCUT2D eigenvalue weighted by molar-refractivity contribution is 5.89. The summed E-state index contributed by atoms with van der Waals surface area (Å²) < 4.78 is 34.0. The van der Waals surface area contributed by atoms with Gasteiger partial charge in [-0.25, -0.2) is 18.7 Å². The number of fused-ring (bicyclic) bond motifs is 1. The Kier molecular flexibility index (Phi) is 4.04. The van der Waals surface area contributed by atoms with Gasteiger partial charge in [0, 0.05) is 37.3 Å². The fourth-order valence-electron chi connectivity index (χ4n) is 3.07. The van der Waals surface area contributed by atoms with Gasteiger partial charge in [0.1, 0.15) is 11.9 Å². The summed E-state index contributed by atoms with van der Waals surface area (Å²) in [5, 5.41) is 4.93. The van der Waals surface area contributed by atoms with Crippen LogP contribution in [0.4, 0.5) is 14.6 Å². The minimum absolute atomic E-state index is 0.175. The average molecular weight is 345 g/mol. The first-order chi connectivity index (χ1) is 12.1. The number of halogens is 2. The minimum Gasteiger partial charge on any atom is -0.370 e. The predicted molar refractivity (Wildman–Crippen MR) is 88.6 cm³/mol. The molecule has 3 aromatic rings. The molecule has 130 valence electrons. The number of aryl methyl sites for hydroxylation is 1. The number of nitrogens with zero attached hydrogens (tertiary/aromatic N) is 5. The first kappa shape index (κ1) is 15.9. The Hall–Kier alpha value is -2.61. The lowest BCUT2D eigenvalue weighted by Gasteiger charge is -2.34. The molecule has 1 aromatic carbocycles. The Bertz CT molecular complexity index is 898. The van der Waals surface area contributed by atoms with Crippen molar-refractivity contribution in [1.29, 1.82) is 0 Å². The van der Waals surface area contributed by atoms with E-state index in [-0.39, 0.29) is 6.10 Å². The number of anilines is 1. The van der Waals surface area contributed by atoms with Crippen LogP contribution in [-0.4, -0.2) is 39.4 Å². The molecular formula is C17H17F2N5O. The van der Waals surface area contributed by atoms with Crippen molar-refractivity contribution in [2.75, 3.05) is 24.6 Å². The molecule has 0 spiro atoms. The van der Waals surface area contributed by atoms with Crippen LogP contribution in [0.2, 0.25) is 0 Å². The number of rotatable bonds is 3. The highest BCUT2D eigenvalue weighted by Gasteiger charge is 2.26. The number of alkyl halides is 2. The molecule has 3 heterocycles. The second-order valence-electron chi connectivity index (χ2n) is 5.98. The molecule has 0 bridgehead atoms. The fourth-order valence-corrected chi connectivity index (χ4v) is 3.07. The van der Waals surface area contributed by atoms with Crippen molar-refractivity contribution in [3.05, 3.63) is 48.0 Å². The summed E-state index contributed by atoms with van der Waals surface area (Å²) in [4.78, 5) is 10.1. The SMILES string of the molecule is Cn1cc([C@H]2CN(c3nc(C(F)F)nc4ccccc34)CCO2)cn1. The number of hydrogen-bond donors (Lipinski definition) is 0.